The number of carbonyl (C=O) groups is 1. The summed E-state index contributed by atoms with van der Waals surface area (Å²) >= 11 is 6.01. The molecule has 5 nitrogen and oxygen atoms in total. The van der Waals surface area contributed by atoms with Gasteiger partial charge in [0, 0.05) is 44.1 Å². The van der Waals surface area contributed by atoms with Crippen molar-refractivity contribution in [3.63, 3.8) is 0 Å². The van der Waals surface area contributed by atoms with Gasteiger partial charge >= 0.3 is 0 Å². The zero-order valence-corrected chi connectivity index (χ0v) is 16.4. The van der Waals surface area contributed by atoms with Crippen molar-refractivity contribution in [3.05, 3.63) is 70.9 Å². The smallest absolute Gasteiger partial charge is 0.274 e. The van der Waals surface area contributed by atoms with Crippen LogP contribution in [-0.2, 0) is 6.54 Å². The molecule has 1 fully saturated rings. The topological polar surface area (TPSA) is 40.9 Å². The molecule has 1 aliphatic rings. The Bertz CT molecular complexity index is 1000. The number of fused-ring (bicyclic) bond motifs is 1. The number of likely N-dealkylation sites (N-methyl/N-ethyl adjacent to an activating group) is 1. The average Bonchev–Trinajstić information content (AvgIpc) is 3.12. The van der Waals surface area contributed by atoms with Gasteiger partial charge in [0.25, 0.3) is 5.91 Å². The molecule has 1 aromatic carbocycles. The minimum Gasteiger partial charge on any atom is -0.336 e. The standard InChI is InChI=1S/C21H22ClFN4O/c1-25(21(28)19-14-27-12-16(22)8-9-20(27)24-19)17-6-4-10-26(13-17)11-15-5-2-3-7-18(15)23/h2-3,5,7-9,12,14,17H,4,6,10-11,13H2,1H3. The van der Waals surface area contributed by atoms with Gasteiger partial charge in [-0.05, 0) is 37.6 Å². The average molecular weight is 401 g/mol. The highest BCUT2D eigenvalue weighted by atomic mass is 35.5. The molecule has 1 aliphatic heterocycles. The number of carbonyl (C=O) groups excluding carboxylic acids is 1. The van der Waals surface area contributed by atoms with Crippen LogP contribution in [0.1, 0.15) is 28.9 Å². The van der Waals surface area contributed by atoms with E-state index in [-0.39, 0.29) is 17.8 Å². The van der Waals surface area contributed by atoms with E-state index in [1.165, 1.54) is 6.07 Å². The van der Waals surface area contributed by atoms with Crippen molar-refractivity contribution < 1.29 is 9.18 Å². The van der Waals surface area contributed by atoms with Crippen LogP contribution in [-0.4, -0.2) is 51.3 Å². The highest BCUT2D eigenvalue weighted by Crippen LogP contribution is 2.20. The molecule has 0 spiro atoms. The molecule has 3 heterocycles. The zero-order chi connectivity index (χ0) is 19.7. The van der Waals surface area contributed by atoms with Crippen LogP contribution in [0.15, 0.2) is 48.8 Å². The molecule has 7 heteroatoms. The third-order valence-electron chi connectivity index (χ3n) is 5.33. The van der Waals surface area contributed by atoms with Crippen LogP contribution in [0.2, 0.25) is 5.02 Å². The monoisotopic (exact) mass is 400 g/mol. The molecule has 4 rings (SSSR count). The van der Waals surface area contributed by atoms with E-state index in [1.807, 2.05) is 19.2 Å². The van der Waals surface area contributed by atoms with Crippen LogP contribution >= 0.6 is 11.6 Å². The Balaban J connectivity index is 1.46. The molecule has 0 radical (unpaired) electrons. The number of amides is 1. The lowest BCUT2D eigenvalue weighted by atomic mass is 10.0. The Labute approximate surface area is 168 Å². The van der Waals surface area contributed by atoms with Crippen LogP contribution in [0.5, 0.6) is 0 Å². The maximum atomic E-state index is 14.0. The molecule has 1 unspecified atom stereocenters. The van der Waals surface area contributed by atoms with E-state index in [0.29, 0.717) is 28.5 Å². The van der Waals surface area contributed by atoms with Crippen molar-refractivity contribution in [2.45, 2.75) is 25.4 Å². The molecule has 0 aliphatic carbocycles. The third-order valence-corrected chi connectivity index (χ3v) is 5.56. The van der Waals surface area contributed by atoms with Crippen LogP contribution in [0.25, 0.3) is 5.65 Å². The number of nitrogens with zero attached hydrogens (tertiary/aromatic N) is 4. The predicted molar refractivity (Wildman–Crippen MR) is 107 cm³/mol. The second kappa shape index (κ2) is 7.89. The van der Waals surface area contributed by atoms with Crippen LogP contribution < -0.4 is 0 Å². The lowest BCUT2D eigenvalue weighted by Crippen LogP contribution is -2.48. The van der Waals surface area contributed by atoms with Crippen molar-refractivity contribution in [2.24, 2.45) is 0 Å². The van der Waals surface area contributed by atoms with E-state index in [1.54, 1.807) is 39.9 Å². The second-order valence-corrected chi connectivity index (χ2v) is 7.71. The third kappa shape index (κ3) is 3.88. The molecule has 2 aromatic heterocycles. The van der Waals surface area contributed by atoms with Crippen molar-refractivity contribution in [1.82, 2.24) is 19.2 Å². The number of piperidine rings is 1. The Morgan fingerprint density at radius 1 is 1.29 bits per heavy atom. The highest BCUT2D eigenvalue weighted by Gasteiger charge is 2.28. The number of likely N-dealkylation sites (tertiary alicyclic amines) is 1. The molecule has 1 atom stereocenters. The van der Waals surface area contributed by atoms with Crippen LogP contribution in [0, 0.1) is 5.82 Å². The minimum absolute atomic E-state index is 0.0708. The van der Waals surface area contributed by atoms with Gasteiger partial charge in [0.15, 0.2) is 0 Å². The summed E-state index contributed by atoms with van der Waals surface area (Å²) in [7, 11) is 1.82. The summed E-state index contributed by atoms with van der Waals surface area (Å²) in [6.07, 6.45) is 5.34. The first-order valence-corrected chi connectivity index (χ1v) is 9.76. The lowest BCUT2D eigenvalue weighted by molar-refractivity contribution is 0.0603. The molecule has 0 bridgehead atoms. The largest absolute Gasteiger partial charge is 0.336 e. The lowest BCUT2D eigenvalue weighted by Gasteiger charge is -2.37. The number of rotatable bonds is 4. The van der Waals surface area contributed by atoms with Crippen molar-refractivity contribution in [1.29, 1.82) is 0 Å². The number of imidazole rings is 1. The SMILES string of the molecule is CN(C(=O)c1cn2cc(Cl)ccc2n1)C1CCCN(Cc2ccccc2F)C1. The predicted octanol–water partition coefficient (Wildman–Crippen LogP) is 3.86. The number of hydrogen-bond donors (Lipinski definition) is 0. The number of hydrogen-bond acceptors (Lipinski definition) is 3. The molecule has 1 saturated heterocycles. The second-order valence-electron chi connectivity index (χ2n) is 7.28. The van der Waals surface area contributed by atoms with Crippen molar-refractivity contribution in [3.8, 4) is 0 Å². The van der Waals surface area contributed by atoms with Gasteiger partial charge in [-0.25, -0.2) is 9.37 Å². The molecule has 28 heavy (non-hydrogen) atoms. The molecule has 146 valence electrons. The summed E-state index contributed by atoms with van der Waals surface area (Å²) < 4.78 is 15.7. The first-order valence-electron chi connectivity index (χ1n) is 9.38. The summed E-state index contributed by atoms with van der Waals surface area (Å²) in [5, 5.41) is 0.591. The van der Waals surface area contributed by atoms with Gasteiger partial charge in [-0.3, -0.25) is 9.69 Å². The van der Waals surface area contributed by atoms with Gasteiger partial charge in [0.05, 0.1) is 5.02 Å². The Morgan fingerprint density at radius 2 is 2.11 bits per heavy atom. The van der Waals surface area contributed by atoms with Gasteiger partial charge in [0.1, 0.15) is 17.2 Å². The summed E-state index contributed by atoms with van der Waals surface area (Å²) in [6, 6.07) is 10.5. The summed E-state index contributed by atoms with van der Waals surface area (Å²) in [5.41, 5.74) is 1.77. The Hall–Kier alpha value is -2.44. The van der Waals surface area contributed by atoms with Gasteiger partial charge in [-0.2, -0.15) is 0 Å². The quantitative estimate of drug-likeness (QED) is 0.667. The zero-order valence-electron chi connectivity index (χ0n) is 15.7. The number of aromatic nitrogens is 2. The van der Waals surface area contributed by atoms with Crippen LogP contribution in [0.4, 0.5) is 4.39 Å². The molecule has 3 aromatic rings. The first-order chi connectivity index (χ1) is 13.5. The number of halogens is 2. The van der Waals surface area contributed by atoms with E-state index in [4.69, 9.17) is 11.6 Å². The fourth-order valence-electron chi connectivity index (χ4n) is 3.77. The van der Waals surface area contributed by atoms with Gasteiger partial charge in [-0.15, -0.1) is 0 Å². The van der Waals surface area contributed by atoms with E-state index < -0.39 is 0 Å². The van der Waals surface area contributed by atoms with E-state index in [9.17, 15) is 9.18 Å². The van der Waals surface area contributed by atoms with E-state index in [2.05, 4.69) is 9.88 Å². The summed E-state index contributed by atoms with van der Waals surface area (Å²) in [5.74, 6) is -0.296. The molecule has 0 N–H and O–H groups in total. The summed E-state index contributed by atoms with van der Waals surface area (Å²) in [6.45, 7) is 2.17. The molecule has 1 amide bonds. The summed E-state index contributed by atoms with van der Waals surface area (Å²) in [4.78, 5) is 21.3. The minimum atomic E-state index is -0.183. The van der Waals surface area contributed by atoms with Crippen LogP contribution in [0.3, 0.4) is 0 Å². The molecule has 0 saturated carbocycles. The van der Waals surface area contributed by atoms with E-state index >= 15 is 0 Å². The van der Waals surface area contributed by atoms with Gasteiger partial charge in [0.2, 0.25) is 0 Å². The fourth-order valence-corrected chi connectivity index (χ4v) is 3.94. The van der Waals surface area contributed by atoms with E-state index in [0.717, 1.165) is 25.9 Å². The molecular formula is C21H22ClFN4O. The van der Waals surface area contributed by atoms with Crippen molar-refractivity contribution >= 4 is 23.2 Å². The molecular weight excluding hydrogens is 379 g/mol. The van der Waals surface area contributed by atoms with Crippen molar-refractivity contribution in [2.75, 3.05) is 20.1 Å². The van der Waals surface area contributed by atoms with Gasteiger partial charge in [-0.1, -0.05) is 29.8 Å². The maximum absolute atomic E-state index is 14.0. The Kier molecular flexibility index (Phi) is 5.33. The fraction of sp³-hybridized carbons (Fsp3) is 0.333. The maximum Gasteiger partial charge on any atom is 0.274 e. The number of benzene rings is 1. The first kappa shape index (κ1) is 18.9. The normalized spacial score (nSPS) is 17.8. The number of pyridine rings is 1. The van der Waals surface area contributed by atoms with Gasteiger partial charge < -0.3 is 9.30 Å². The Morgan fingerprint density at radius 3 is 2.93 bits per heavy atom. The highest BCUT2D eigenvalue weighted by molar-refractivity contribution is 6.30.